The zero-order valence-corrected chi connectivity index (χ0v) is 22.2. The molecule has 2 aromatic carbocycles. The summed E-state index contributed by atoms with van der Waals surface area (Å²) in [4.78, 5) is 7.28. The molecule has 33 heavy (non-hydrogen) atoms. The molecule has 1 unspecified atom stereocenters. The number of aliphatic imine (C=N–C) groups is 1. The molecular weight excluding hydrogens is 531 g/mol. The van der Waals surface area contributed by atoms with Gasteiger partial charge in [0.25, 0.3) is 0 Å². The molecule has 0 aliphatic carbocycles. The monoisotopic (exact) mass is 568 g/mol. The molecule has 0 radical (unpaired) electrons. The molecule has 1 fully saturated rings. The highest BCUT2D eigenvalue weighted by Crippen LogP contribution is 2.23. The van der Waals surface area contributed by atoms with E-state index in [1.54, 1.807) is 14.2 Å². The van der Waals surface area contributed by atoms with Crippen LogP contribution in [0.15, 0.2) is 53.5 Å². The Bertz CT molecular complexity index is 842. The van der Waals surface area contributed by atoms with Gasteiger partial charge in [-0.25, -0.2) is 4.99 Å². The van der Waals surface area contributed by atoms with Gasteiger partial charge < -0.3 is 24.8 Å². The first kappa shape index (κ1) is 27.4. The summed E-state index contributed by atoms with van der Waals surface area (Å²) in [7, 11) is 3.41. The van der Waals surface area contributed by atoms with Crippen molar-refractivity contribution in [2.24, 2.45) is 4.99 Å². The van der Waals surface area contributed by atoms with Crippen molar-refractivity contribution in [3.05, 3.63) is 65.2 Å². The number of guanidine groups is 1. The van der Waals surface area contributed by atoms with Gasteiger partial charge in [0, 0.05) is 33.3 Å². The lowest BCUT2D eigenvalue weighted by Gasteiger charge is -2.35. The minimum absolute atomic E-state index is 0. The van der Waals surface area contributed by atoms with E-state index in [2.05, 4.69) is 58.9 Å². The lowest BCUT2D eigenvalue weighted by Crippen LogP contribution is -2.46. The summed E-state index contributed by atoms with van der Waals surface area (Å²) in [5, 5.41) is 6.93. The number of methoxy groups -OCH3 is 2. The standard InChI is InChI=1S/C25H36N4O3.HI/c1-4-26-25(27-17-20-6-5-7-21(16-20)19-30-2)28-18-24(29-12-14-32-15-13-29)22-8-10-23(31-3)11-9-22;/h5-11,16,24H,4,12-15,17-19H2,1-3H3,(H2,26,27,28);1H. The summed E-state index contributed by atoms with van der Waals surface area (Å²) in [6, 6.07) is 16.9. The lowest BCUT2D eigenvalue weighted by molar-refractivity contribution is 0.0170. The summed E-state index contributed by atoms with van der Waals surface area (Å²) in [6.07, 6.45) is 0. The molecule has 0 saturated carbocycles. The van der Waals surface area contributed by atoms with E-state index in [1.807, 2.05) is 12.1 Å². The fraction of sp³-hybridized carbons (Fsp3) is 0.480. The average Bonchev–Trinajstić information content (AvgIpc) is 2.84. The van der Waals surface area contributed by atoms with Crippen LogP contribution in [0.2, 0.25) is 0 Å². The number of morpholine rings is 1. The maximum atomic E-state index is 5.57. The predicted molar refractivity (Wildman–Crippen MR) is 144 cm³/mol. The van der Waals surface area contributed by atoms with Gasteiger partial charge >= 0.3 is 0 Å². The van der Waals surface area contributed by atoms with E-state index in [9.17, 15) is 0 Å². The van der Waals surface area contributed by atoms with Crippen molar-refractivity contribution in [3.63, 3.8) is 0 Å². The fourth-order valence-corrected chi connectivity index (χ4v) is 3.86. The second kappa shape index (κ2) is 15.1. The number of hydrogen-bond acceptors (Lipinski definition) is 5. The second-order valence-corrected chi connectivity index (χ2v) is 7.77. The van der Waals surface area contributed by atoms with Crippen LogP contribution in [0.1, 0.15) is 29.7 Å². The smallest absolute Gasteiger partial charge is 0.191 e. The third-order valence-electron chi connectivity index (χ3n) is 5.52. The van der Waals surface area contributed by atoms with Crippen molar-refractivity contribution in [1.82, 2.24) is 15.5 Å². The molecule has 7 nitrogen and oxygen atoms in total. The van der Waals surface area contributed by atoms with Gasteiger partial charge in [0.1, 0.15) is 5.75 Å². The quantitative estimate of drug-likeness (QED) is 0.260. The Morgan fingerprint density at radius 2 is 1.79 bits per heavy atom. The van der Waals surface area contributed by atoms with Gasteiger partial charge in [-0.3, -0.25) is 4.90 Å². The topological polar surface area (TPSA) is 67.4 Å². The van der Waals surface area contributed by atoms with Crippen LogP contribution in [0.25, 0.3) is 0 Å². The van der Waals surface area contributed by atoms with Crippen LogP contribution >= 0.6 is 24.0 Å². The highest BCUT2D eigenvalue weighted by molar-refractivity contribution is 14.0. The molecule has 0 amide bonds. The number of halogens is 1. The van der Waals surface area contributed by atoms with Crippen LogP contribution in [0.4, 0.5) is 0 Å². The molecule has 182 valence electrons. The SMILES string of the molecule is CCNC(=NCc1cccc(COC)c1)NCC(c1ccc(OC)cc1)N1CCOCC1.I. The van der Waals surface area contributed by atoms with E-state index < -0.39 is 0 Å². The number of rotatable bonds is 10. The molecule has 3 rings (SSSR count). The van der Waals surface area contributed by atoms with Gasteiger partial charge in [-0.1, -0.05) is 36.4 Å². The third kappa shape index (κ3) is 8.77. The zero-order valence-electron chi connectivity index (χ0n) is 19.9. The van der Waals surface area contributed by atoms with Crippen LogP contribution in [0.3, 0.4) is 0 Å². The molecule has 1 aliphatic rings. The fourth-order valence-electron chi connectivity index (χ4n) is 3.86. The molecule has 8 heteroatoms. The first-order valence-electron chi connectivity index (χ1n) is 11.3. The van der Waals surface area contributed by atoms with E-state index in [-0.39, 0.29) is 30.0 Å². The number of nitrogens with zero attached hydrogens (tertiary/aromatic N) is 2. The zero-order chi connectivity index (χ0) is 22.6. The van der Waals surface area contributed by atoms with Gasteiger partial charge in [0.15, 0.2) is 5.96 Å². The minimum atomic E-state index is 0. The summed E-state index contributed by atoms with van der Waals surface area (Å²) in [5.74, 6) is 1.68. The Hall–Kier alpha value is -1.88. The number of ether oxygens (including phenoxy) is 3. The maximum absolute atomic E-state index is 5.57. The van der Waals surface area contributed by atoms with Crippen molar-refractivity contribution in [1.29, 1.82) is 0 Å². The number of nitrogens with one attached hydrogen (secondary N) is 2. The van der Waals surface area contributed by atoms with Crippen LogP contribution in [0, 0.1) is 0 Å². The molecule has 2 N–H and O–H groups in total. The first-order chi connectivity index (χ1) is 15.7. The Morgan fingerprint density at radius 1 is 1.06 bits per heavy atom. The van der Waals surface area contributed by atoms with Gasteiger partial charge in [-0.2, -0.15) is 0 Å². The normalized spacial score (nSPS) is 15.4. The third-order valence-corrected chi connectivity index (χ3v) is 5.52. The summed E-state index contributed by atoms with van der Waals surface area (Å²) in [6.45, 7) is 8.21. The van der Waals surface area contributed by atoms with Crippen LogP contribution in [-0.2, 0) is 22.6 Å². The summed E-state index contributed by atoms with van der Waals surface area (Å²) < 4.78 is 16.2. The largest absolute Gasteiger partial charge is 0.497 e. The molecular formula is C25H37IN4O3. The van der Waals surface area contributed by atoms with E-state index in [0.29, 0.717) is 13.2 Å². The molecule has 1 atom stereocenters. The molecule has 2 aromatic rings. The van der Waals surface area contributed by atoms with Crippen molar-refractivity contribution in [2.75, 3.05) is 53.6 Å². The first-order valence-corrected chi connectivity index (χ1v) is 11.3. The molecule has 1 heterocycles. The van der Waals surface area contributed by atoms with Crippen molar-refractivity contribution >= 4 is 29.9 Å². The van der Waals surface area contributed by atoms with Crippen LogP contribution in [-0.4, -0.2) is 64.5 Å². The predicted octanol–water partition coefficient (Wildman–Crippen LogP) is 3.59. The molecule has 0 bridgehead atoms. The van der Waals surface area contributed by atoms with Gasteiger partial charge in [-0.05, 0) is 35.7 Å². The number of hydrogen-bond donors (Lipinski definition) is 2. The van der Waals surface area contributed by atoms with Gasteiger partial charge in [0.05, 0.1) is 39.5 Å². The summed E-state index contributed by atoms with van der Waals surface area (Å²) >= 11 is 0. The lowest BCUT2D eigenvalue weighted by atomic mass is 10.0. The van der Waals surface area contributed by atoms with E-state index in [0.717, 1.165) is 62.2 Å². The summed E-state index contributed by atoms with van der Waals surface area (Å²) in [5.41, 5.74) is 3.57. The minimum Gasteiger partial charge on any atom is -0.497 e. The molecule has 0 aromatic heterocycles. The maximum Gasteiger partial charge on any atom is 0.191 e. The van der Waals surface area contributed by atoms with Crippen molar-refractivity contribution < 1.29 is 14.2 Å². The average molecular weight is 569 g/mol. The molecule has 0 spiro atoms. The highest BCUT2D eigenvalue weighted by Gasteiger charge is 2.23. The van der Waals surface area contributed by atoms with Crippen LogP contribution < -0.4 is 15.4 Å². The second-order valence-electron chi connectivity index (χ2n) is 7.77. The van der Waals surface area contributed by atoms with Gasteiger partial charge in [-0.15, -0.1) is 24.0 Å². The van der Waals surface area contributed by atoms with E-state index >= 15 is 0 Å². The Balaban J connectivity index is 0.00000385. The molecule has 1 aliphatic heterocycles. The highest BCUT2D eigenvalue weighted by atomic mass is 127. The van der Waals surface area contributed by atoms with Crippen LogP contribution in [0.5, 0.6) is 5.75 Å². The number of benzene rings is 2. The van der Waals surface area contributed by atoms with Crippen molar-refractivity contribution in [3.8, 4) is 5.75 Å². The Morgan fingerprint density at radius 3 is 2.45 bits per heavy atom. The van der Waals surface area contributed by atoms with E-state index in [1.165, 1.54) is 5.56 Å². The Labute approximate surface area is 214 Å². The Kier molecular flexibility index (Phi) is 12.5. The van der Waals surface area contributed by atoms with Gasteiger partial charge in [0.2, 0.25) is 0 Å². The van der Waals surface area contributed by atoms with E-state index in [4.69, 9.17) is 19.2 Å². The molecule has 1 saturated heterocycles. The van der Waals surface area contributed by atoms with Crippen molar-refractivity contribution in [2.45, 2.75) is 26.1 Å².